The summed E-state index contributed by atoms with van der Waals surface area (Å²) in [5.41, 5.74) is 5.60. The summed E-state index contributed by atoms with van der Waals surface area (Å²) in [7, 11) is -3.91. The molecule has 3 N–H and O–H groups in total. The standard InChI is InChI=1S/C11H14ClFN2O2S/c1-6-2-8(3-6)15-18(16,17)10-5-7(14)4-9(12)11(10)13/h4-6,8,15H,2-3,14H2,1H3. The minimum atomic E-state index is -3.91. The van der Waals surface area contributed by atoms with E-state index in [2.05, 4.69) is 4.72 Å². The predicted molar refractivity (Wildman–Crippen MR) is 68.3 cm³/mol. The molecule has 0 spiro atoms. The summed E-state index contributed by atoms with van der Waals surface area (Å²) in [4.78, 5) is -0.493. The van der Waals surface area contributed by atoms with Crippen LogP contribution in [-0.4, -0.2) is 14.5 Å². The molecule has 1 fully saturated rings. The van der Waals surface area contributed by atoms with E-state index in [9.17, 15) is 12.8 Å². The van der Waals surface area contributed by atoms with E-state index in [-0.39, 0.29) is 16.8 Å². The van der Waals surface area contributed by atoms with Gasteiger partial charge in [-0.3, -0.25) is 0 Å². The maximum atomic E-state index is 13.7. The highest BCUT2D eigenvalue weighted by Crippen LogP contribution is 2.30. The third-order valence-electron chi connectivity index (χ3n) is 3.00. The third-order valence-corrected chi connectivity index (χ3v) is 4.80. The van der Waals surface area contributed by atoms with Gasteiger partial charge in [-0.1, -0.05) is 18.5 Å². The number of hydrogen-bond donors (Lipinski definition) is 2. The first-order chi connectivity index (χ1) is 8.29. The first-order valence-electron chi connectivity index (χ1n) is 5.56. The first-order valence-corrected chi connectivity index (χ1v) is 7.42. The Morgan fingerprint density at radius 3 is 2.61 bits per heavy atom. The summed E-state index contributed by atoms with van der Waals surface area (Å²) >= 11 is 5.59. The lowest BCUT2D eigenvalue weighted by Crippen LogP contribution is -2.43. The van der Waals surface area contributed by atoms with Crippen molar-refractivity contribution in [2.75, 3.05) is 5.73 Å². The Bertz CT molecular complexity index is 571. The average molecular weight is 293 g/mol. The molecule has 0 radical (unpaired) electrons. The smallest absolute Gasteiger partial charge is 0.243 e. The molecule has 1 aromatic rings. The molecule has 1 saturated carbocycles. The van der Waals surface area contributed by atoms with E-state index in [1.807, 2.05) is 6.92 Å². The number of nitrogens with two attached hydrogens (primary N) is 1. The Hall–Kier alpha value is -0.850. The number of anilines is 1. The van der Waals surface area contributed by atoms with Crippen LogP contribution in [0.25, 0.3) is 0 Å². The quantitative estimate of drug-likeness (QED) is 0.838. The van der Waals surface area contributed by atoms with Crippen LogP contribution in [0.2, 0.25) is 5.02 Å². The molecule has 0 aliphatic heterocycles. The highest BCUT2D eigenvalue weighted by atomic mass is 35.5. The van der Waals surface area contributed by atoms with Gasteiger partial charge in [0, 0.05) is 11.7 Å². The maximum absolute atomic E-state index is 13.7. The van der Waals surface area contributed by atoms with Crippen molar-refractivity contribution in [2.24, 2.45) is 5.92 Å². The van der Waals surface area contributed by atoms with E-state index in [1.165, 1.54) is 6.07 Å². The van der Waals surface area contributed by atoms with Crippen LogP contribution in [0.4, 0.5) is 10.1 Å². The van der Waals surface area contributed by atoms with Gasteiger partial charge in [0.25, 0.3) is 0 Å². The van der Waals surface area contributed by atoms with Crippen LogP contribution < -0.4 is 10.5 Å². The summed E-state index contributed by atoms with van der Waals surface area (Å²) < 4.78 is 40.2. The molecule has 18 heavy (non-hydrogen) atoms. The van der Waals surface area contributed by atoms with E-state index in [4.69, 9.17) is 17.3 Å². The van der Waals surface area contributed by atoms with Gasteiger partial charge in [-0.2, -0.15) is 0 Å². The number of nitrogens with one attached hydrogen (secondary N) is 1. The van der Waals surface area contributed by atoms with Crippen molar-refractivity contribution in [1.82, 2.24) is 4.72 Å². The zero-order valence-corrected chi connectivity index (χ0v) is 11.4. The molecule has 2 rings (SSSR count). The van der Waals surface area contributed by atoms with Crippen molar-refractivity contribution in [2.45, 2.75) is 30.7 Å². The Kier molecular flexibility index (Phi) is 3.53. The van der Waals surface area contributed by atoms with Gasteiger partial charge in [0.15, 0.2) is 5.82 Å². The molecule has 0 atom stereocenters. The van der Waals surface area contributed by atoms with E-state index in [0.29, 0.717) is 5.92 Å². The van der Waals surface area contributed by atoms with Crippen LogP contribution >= 0.6 is 11.6 Å². The van der Waals surface area contributed by atoms with Crippen molar-refractivity contribution in [3.8, 4) is 0 Å². The normalized spacial score (nSPS) is 23.7. The molecule has 0 heterocycles. The maximum Gasteiger partial charge on any atom is 0.243 e. The summed E-state index contributed by atoms with van der Waals surface area (Å²) in [6.45, 7) is 2.03. The average Bonchev–Trinajstić information content (AvgIpc) is 2.20. The van der Waals surface area contributed by atoms with Gasteiger partial charge in [-0.15, -0.1) is 0 Å². The molecule has 1 aromatic carbocycles. The van der Waals surface area contributed by atoms with Crippen molar-refractivity contribution in [3.05, 3.63) is 23.0 Å². The van der Waals surface area contributed by atoms with Crippen LogP contribution in [0.15, 0.2) is 17.0 Å². The third kappa shape index (κ3) is 2.60. The van der Waals surface area contributed by atoms with Gasteiger partial charge in [0.05, 0.1) is 5.02 Å². The molecule has 0 aromatic heterocycles. The lowest BCUT2D eigenvalue weighted by Gasteiger charge is -2.32. The van der Waals surface area contributed by atoms with Crippen LogP contribution in [0, 0.1) is 11.7 Å². The number of benzene rings is 1. The molecule has 100 valence electrons. The van der Waals surface area contributed by atoms with Gasteiger partial charge >= 0.3 is 0 Å². The van der Waals surface area contributed by atoms with E-state index in [0.717, 1.165) is 18.9 Å². The molecular formula is C11H14ClFN2O2S. The Balaban J connectivity index is 2.29. The zero-order valence-electron chi connectivity index (χ0n) is 9.78. The van der Waals surface area contributed by atoms with E-state index < -0.39 is 20.7 Å². The SMILES string of the molecule is CC1CC(NS(=O)(=O)c2cc(N)cc(Cl)c2F)C1. The number of rotatable bonds is 3. The Labute approximate surface area is 110 Å². The molecule has 1 aliphatic rings. The molecule has 1 aliphatic carbocycles. The zero-order chi connectivity index (χ0) is 13.5. The van der Waals surface area contributed by atoms with Crippen molar-refractivity contribution < 1.29 is 12.8 Å². The predicted octanol–water partition coefficient (Wildman–Crippen LogP) is 2.14. The van der Waals surface area contributed by atoms with Gasteiger partial charge in [0.1, 0.15) is 4.90 Å². The summed E-state index contributed by atoms with van der Waals surface area (Å²) in [5, 5.41) is -0.294. The van der Waals surface area contributed by atoms with Crippen LogP contribution in [0.5, 0.6) is 0 Å². The number of halogens is 2. The topological polar surface area (TPSA) is 72.2 Å². The molecule has 0 saturated heterocycles. The van der Waals surface area contributed by atoms with Gasteiger partial charge in [0.2, 0.25) is 10.0 Å². The van der Waals surface area contributed by atoms with Crippen molar-refractivity contribution in [3.63, 3.8) is 0 Å². The van der Waals surface area contributed by atoms with Gasteiger partial charge in [-0.25, -0.2) is 17.5 Å². The molecular weight excluding hydrogens is 279 g/mol. The minimum absolute atomic E-state index is 0.115. The summed E-state index contributed by atoms with van der Waals surface area (Å²) in [6.07, 6.45) is 1.52. The summed E-state index contributed by atoms with van der Waals surface area (Å²) in [5.74, 6) is -0.474. The molecule has 4 nitrogen and oxygen atoms in total. The van der Waals surface area contributed by atoms with Crippen LogP contribution in [-0.2, 0) is 10.0 Å². The summed E-state index contributed by atoms with van der Waals surface area (Å²) in [6, 6.07) is 2.12. The second kappa shape index (κ2) is 4.68. The highest BCUT2D eigenvalue weighted by Gasteiger charge is 2.31. The number of hydrogen-bond acceptors (Lipinski definition) is 3. The number of sulfonamides is 1. The molecule has 0 amide bonds. The van der Waals surface area contributed by atoms with Gasteiger partial charge in [-0.05, 0) is 30.9 Å². The minimum Gasteiger partial charge on any atom is -0.399 e. The second-order valence-corrected chi connectivity index (χ2v) is 6.80. The fourth-order valence-corrected chi connectivity index (χ4v) is 3.74. The van der Waals surface area contributed by atoms with E-state index >= 15 is 0 Å². The molecule has 0 bridgehead atoms. The second-order valence-electron chi connectivity index (χ2n) is 4.71. The molecule has 0 unspecified atom stereocenters. The first kappa shape index (κ1) is 13.6. The Morgan fingerprint density at radius 1 is 1.44 bits per heavy atom. The highest BCUT2D eigenvalue weighted by molar-refractivity contribution is 7.89. The van der Waals surface area contributed by atoms with Gasteiger partial charge < -0.3 is 5.73 Å². The van der Waals surface area contributed by atoms with Crippen LogP contribution in [0.1, 0.15) is 19.8 Å². The largest absolute Gasteiger partial charge is 0.399 e. The fraction of sp³-hybridized carbons (Fsp3) is 0.455. The van der Waals surface area contributed by atoms with Crippen molar-refractivity contribution >= 4 is 27.3 Å². The monoisotopic (exact) mass is 292 g/mol. The van der Waals surface area contributed by atoms with E-state index in [1.54, 1.807) is 0 Å². The molecule has 7 heteroatoms. The Morgan fingerprint density at radius 2 is 2.06 bits per heavy atom. The van der Waals surface area contributed by atoms with Crippen LogP contribution in [0.3, 0.4) is 0 Å². The lowest BCUT2D eigenvalue weighted by molar-refractivity contribution is 0.270. The lowest BCUT2D eigenvalue weighted by atomic mass is 9.83. The van der Waals surface area contributed by atoms with Crippen molar-refractivity contribution in [1.29, 1.82) is 0 Å². The fourth-order valence-electron chi connectivity index (χ4n) is 2.06. The number of nitrogen functional groups attached to an aromatic ring is 1.